The van der Waals surface area contributed by atoms with E-state index in [1.165, 1.54) is 0 Å². The molecule has 3 aromatic rings. The van der Waals surface area contributed by atoms with E-state index in [9.17, 15) is 4.79 Å². The van der Waals surface area contributed by atoms with Crippen molar-refractivity contribution in [1.82, 2.24) is 5.16 Å². The van der Waals surface area contributed by atoms with Gasteiger partial charge in [-0.2, -0.15) is 0 Å². The Morgan fingerprint density at radius 1 is 1.24 bits per heavy atom. The summed E-state index contributed by atoms with van der Waals surface area (Å²) in [6.07, 6.45) is 1.23. The van der Waals surface area contributed by atoms with Crippen molar-refractivity contribution >= 4 is 22.6 Å². The quantitative estimate of drug-likeness (QED) is 0.702. The molecule has 0 aliphatic heterocycles. The van der Waals surface area contributed by atoms with E-state index in [0.717, 1.165) is 39.8 Å². The highest BCUT2D eigenvalue weighted by Gasteiger charge is 2.16. The lowest BCUT2D eigenvalue weighted by molar-refractivity contribution is -0.115. The number of carbonyl (C=O) groups excluding carboxylic acids is 1. The zero-order valence-electron chi connectivity index (χ0n) is 15.2. The molecule has 2 aromatic carbocycles. The lowest BCUT2D eigenvalue weighted by atomic mass is 9.97. The maximum atomic E-state index is 12.6. The van der Waals surface area contributed by atoms with Crippen LogP contribution >= 0.6 is 0 Å². The zero-order valence-corrected chi connectivity index (χ0v) is 15.2. The van der Waals surface area contributed by atoms with Crippen LogP contribution in [0.4, 0.5) is 5.69 Å². The summed E-state index contributed by atoms with van der Waals surface area (Å²) >= 11 is 0. The smallest absolute Gasteiger partial charge is 0.230 e. The van der Waals surface area contributed by atoms with Crippen LogP contribution in [0.1, 0.15) is 48.6 Å². The van der Waals surface area contributed by atoms with E-state index in [0.29, 0.717) is 11.6 Å². The highest BCUT2D eigenvalue weighted by molar-refractivity contribution is 5.95. The van der Waals surface area contributed by atoms with Gasteiger partial charge in [-0.05, 0) is 55.0 Å². The normalized spacial score (nSPS) is 12.3. The standard InChI is InChI=1S/C21H24N2O2/c1-5-14(3)16-8-6-7-9-18(16)22-20(24)12-19-17-11-13(2)10-15(4)21(17)25-23-19/h6-11,14H,5,12H2,1-4H3,(H,22,24). The number of hydrogen-bond donors (Lipinski definition) is 1. The first kappa shape index (κ1) is 17.2. The van der Waals surface area contributed by atoms with E-state index in [-0.39, 0.29) is 12.3 Å². The molecule has 0 bridgehead atoms. The predicted molar refractivity (Wildman–Crippen MR) is 101 cm³/mol. The molecule has 3 rings (SSSR count). The van der Waals surface area contributed by atoms with Crippen LogP contribution in [0.25, 0.3) is 11.0 Å². The van der Waals surface area contributed by atoms with Gasteiger partial charge in [0, 0.05) is 11.1 Å². The Hall–Kier alpha value is -2.62. The van der Waals surface area contributed by atoms with Gasteiger partial charge >= 0.3 is 0 Å². The molecule has 25 heavy (non-hydrogen) atoms. The van der Waals surface area contributed by atoms with Gasteiger partial charge in [-0.3, -0.25) is 4.79 Å². The van der Waals surface area contributed by atoms with Crippen molar-refractivity contribution in [2.24, 2.45) is 0 Å². The van der Waals surface area contributed by atoms with Crippen LogP contribution in [0, 0.1) is 13.8 Å². The number of carbonyl (C=O) groups is 1. The van der Waals surface area contributed by atoms with Crippen LogP contribution in [0.3, 0.4) is 0 Å². The Morgan fingerprint density at radius 2 is 2.00 bits per heavy atom. The Labute approximate surface area is 148 Å². The third-order valence-electron chi connectivity index (χ3n) is 4.68. The first-order valence-electron chi connectivity index (χ1n) is 8.73. The molecule has 0 spiro atoms. The number of benzene rings is 2. The monoisotopic (exact) mass is 336 g/mol. The number of nitrogens with zero attached hydrogens (tertiary/aromatic N) is 1. The summed E-state index contributed by atoms with van der Waals surface area (Å²) in [6, 6.07) is 12.1. The maximum absolute atomic E-state index is 12.6. The van der Waals surface area contributed by atoms with Gasteiger partial charge in [0.15, 0.2) is 5.58 Å². The van der Waals surface area contributed by atoms with Crippen LogP contribution in [0.2, 0.25) is 0 Å². The summed E-state index contributed by atoms with van der Waals surface area (Å²) in [5, 5.41) is 8.07. The van der Waals surface area contributed by atoms with Gasteiger partial charge in [0.2, 0.25) is 5.91 Å². The molecular weight excluding hydrogens is 312 g/mol. The molecule has 0 aliphatic rings. The van der Waals surface area contributed by atoms with E-state index < -0.39 is 0 Å². The number of rotatable bonds is 5. The first-order valence-corrected chi connectivity index (χ1v) is 8.73. The van der Waals surface area contributed by atoms with Crippen LogP contribution < -0.4 is 5.32 Å². The third-order valence-corrected chi connectivity index (χ3v) is 4.68. The van der Waals surface area contributed by atoms with Gasteiger partial charge < -0.3 is 9.84 Å². The molecule has 1 aromatic heterocycles. The fraction of sp³-hybridized carbons (Fsp3) is 0.333. The number of hydrogen-bond acceptors (Lipinski definition) is 3. The Balaban J connectivity index is 1.83. The Bertz CT molecular complexity index is 911. The molecule has 4 nitrogen and oxygen atoms in total. The van der Waals surface area contributed by atoms with Gasteiger partial charge in [0.25, 0.3) is 0 Å². The molecule has 0 fully saturated rings. The fourth-order valence-corrected chi connectivity index (χ4v) is 3.17. The lowest BCUT2D eigenvalue weighted by Gasteiger charge is -2.15. The summed E-state index contributed by atoms with van der Waals surface area (Å²) in [4.78, 5) is 12.6. The topological polar surface area (TPSA) is 55.1 Å². The van der Waals surface area contributed by atoms with Crippen molar-refractivity contribution in [2.45, 2.75) is 46.5 Å². The van der Waals surface area contributed by atoms with E-state index in [4.69, 9.17) is 4.52 Å². The maximum Gasteiger partial charge on any atom is 0.230 e. The van der Waals surface area contributed by atoms with E-state index in [1.54, 1.807) is 0 Å². The minimum atomic E-state index is -0.0786. The molecule has 1 atom stereocenters. The van der Waals surface area contributed by atoms with E-state index in [2.05, 4.69) is 36.5 Å². The van der Waals surface area contributed by atoms with Crippen LogP contribution in [0.5, 0.6) is 0 Å². The fourth-order valence-electron chi connectivity index (χ4n) is 3.17. The van der Waals surface area contributed by atoms with Crippen molar-refractivity contribution in [3.8, 4) is 0 Å². The molecule has 0 radical (unpaired) electrons. The van der Waals surface area contributed by atoms with E-state index in [1.807, 2.05) is 38.1 Å². The van der Waals surface area contributed by atoms with Crippen LogP contribution in [0.15, 0.2) is 40.9 Å². The Morgan fingerprint density at radius 3 is 2.76 bits per heavy atom. The average molecular weight is 336 g/mol. The molecule has 1 N–H and O–H groups in total. The highest BCUT2D eigenvalue weighted by Crippen LogP contribution is 2.27. The molecule has 0 saturated carbocycles. The number of fused-ring (bicyclic) bond motifs is 1. The predicted octanol–water partition coefficient (Wildman–Crippen LogP) is 5.14. The average Bonchev–Trinajstić information content (AvgIpc) is 2.97. The molecule has 0 aliphatic carbocycles. The van der Waals surface area contributed by atoms with Crippen molar-refractivity contribution in [2.75, 3.05) is 5.32 Å². The van der Waals surface area contributed by atoms with Crippen molar-refractivity contribution in [1.29, 1.82) is 0 Å². The molecule has 1 amide bonds. The summed E-state index contributed by atoms with van der Waals surface area (Å²) in [5.41, 5.74) is 5.65. The number of para-hydroxylation sites is 1. The van der Waals surface area contributed by atoms with Crippen molar-refractivity contribution < 1.29 is 9.32 Å². The van der Waals surface area contributed by atoms with Crippen LogP contribution in [-0.4, -0.2) is 11.1 Å². The number of anilines is 1. The SMILES string of the molecule is CCC(C)c1ccccc1NC(=O)Cc1noc2c(C)cc(C)cc12. The Kier molecular flexibility index (Phi) is 4.88. The second-order valence-electron chi connectivity index (χ2n) is 6.71. The molecule has 1 unspecified atom stereocenters. The third kappa shape index (κ3) is 3.58. The molecule has 0 saturated heterocycles. The van der Waals surface area contributed by atoms with Gasteiger partial charge in [-0.15, -0.1) is 0 Å². The van der Waals surface area contributed by atoms with Gasteiger partial charge in [-0.1, -0.05) is 43.3 Å². The summed E-state index contributed by atoms with van der Waals surface area (Å²) in [5.74, 6) is 0.319. The highest BCUT2D eigenvalue weighted by atomic mass is 16.5. The first-order chi connectivity index (χ1) is 12.0. The number of nitrogens with one attached hydrogen (secondary N) is 1. The van der Waals surface area contributed by atoms with Gasteiger partial charge in [0.05, 0.1) is 6.42 Å². The zero-order chi connectivity index (χ0) is 18.0. The van der Waals surface area contributed by atoms with Crippen LogP contribution in [-0.2, 0) is 11.2 Å². The number of amides is 1. The van der Waals surface area contributed by atoms with Crippen molar-refractivity contribution in [3.05, 3.63) is 58.8 Å². The lowest BCUT2D eigenvalue weighted by Crippen LogP contribution is -2.16. The number of aromatic nitrogens is 1. The van der Waals surface area contributed by atoms with E-state index >= 15 is 0 Å². The minimum absolute atomic E-state index is 0.0786. The summed E-state index contributed by atoms with van der Waals surface area (Å²) in [6.45, 7) is 8.34. The second kappa shape index (κ2) is 7.09. The van der Waals surface area contributed by atoms with Gasteiger partial charge in [0.1, 0.15) is 5.69 Å². The number of aryl methyl sites for hydroxylation is 2. The second-order valence-corrected chi connectivity index (χ2v) is 6.71. The largest absolute Gasteiger partial charge is 0.356 e. The molecule has 1 heterocycles. The minimum Gasteiger partial charge on any atom is -0.356 e. The summed E-state index contributed by atoms with van der Waals surface area (Å²) in [7, 11) is 0. The molecule has 4 heteroatoms. The van der Waals surface area contributed by atoms with Gasteiger partial charge in [-0.25, -0.2) is 0 Å². The van der Waals surface area contributed by atoms with Crippen molar-refractivity contribution in [3.63, 3.8) is 0 Å². The molecular formula is C21H24N2O2. The molecule has 130 valence electrons. The summed E-state index contributed by atoms with van der Waals surface area (Å²) < 4.78 is 5.44.